The second-order valence-electron chi connectivity index (χ2n) is 2.64. The third-order valence-corrected chi connectivity index (χ3v) is 2.14. The smallest absolute Gasteiger partial charge is 0.405 e. The molecule has 0 radical (unpaired) electrons. The number of carboxylic acid groups (broad SMARTS) is 1. The van der Waals surface area contributed by atoms with Gasteiger partial charge in [0.1, 0.15) is 9.84 Å². The Morgan fingerprint density at radius 1 is 1.29 bits per heavy atom. The predicted molar refractivity (Wildman–Crippen MR) is 48.7 cm³/mol. The first kappa shape index (κ1) is 12.7. The van der Waals surface area contributed by atoms with Crippen LogP contribution in [0.4, 0.5) is 4.79 Å². The molecule has 0 saturated carbocycles. The van der Waals surface area contributed by atoms with Crippen molar-refractivity contribution < 1.29 is 23.1 Å². The van der Waals surface area contributed by atoms with Crippen LogP contribution < -0.4 is 10.6 Å². The van der Waals surface area contributed by atoms with E-state index in [-0.39, 0.29) is 18.8 Å². The number of rotatable bonds is 5. The van der Waals surface area contributed by atoms with Crippen molar-refractivity contribution in [2.24, 2.45) is 0 Å². The van der Waals surface area contributed by atoms with Gasteiger partial charge in [-0.3, -0.25) is 4.79 Å². The van der Waals surface area contributed by atoms with Gasteiger partial charge in [-0.1, -0.05) is 0 Å². The number of hydrogen-bond donors (Lipinski definition) is 3. The molecule has 14 heavy (non-hydrogen) atoms. The first-order chi connectivity index (χ1) is 6.31. The molecule has 0 aliphatic heterocycles. The zero-order valence-corrected chi connectivity index (χ0v) is 8.43. The lowest BCUT2D eigenvalue weighted by Crippen LogP contribution is -2.38. The molecule has 3 N–H and O–H groups in total. The molecule has 2 amide bonds. The van der Waals surface area contributed by atoms with Gasteiger partial charge in [-0.2, -0.15) is 0 Å². The molecular formula is C6H12N2O5S. The SMILES string of the molecule is CS(=O)(=O)CCNC(=O)CNC(=O)O. The van der Waals surface area contributed by atoms with Crippen molar-refractivity contribution in [3.8, 4) is 0 Å². The van der Waals surface area contributed by atoms with Crippen LogP contribution in [-0.2, 0) is 14.6 Å². The molecule has 0 rings (SSSR count). The van der Waals surface area contributed by atoms with Crippen molar-refractivity contribution in [2.75, 3.05) is 25.1 Å². The van der Waals surface area contributed by atoms with Gasteiger partial charge in [0.05, 0.1) is 12.3 Å². The average molecular weight is 224 g/mol. The summed E-state index contributed by atoms with van der Waals surface area (Å²) in [6.45, 7) is -0.391. The van der Waals surface area contributed by atoms with E-state index in [1.165, 1.54) is 0 Å². The van der Waals surface area contributed by atoms with Gasteiger partial charge in [-0.05, 0) is 0 Å². The standard InChI is InChI=1S/C6H12N2O5S/c1-14(12,13)3-2-7-5(9)4-8-6(10)11/h8H,2-4H2,1H3,(H,7,9)(H,10,11). The largest absolute Gasteiger partial charge is 0.465 e. The van der Waals surface area contributed by atoms with Crippen LogP contribution in [0.1, 0.15) is 0 Å². The number of hydrogen-bond acceptors (Lipinski definition) is 4. The highest BCUT2D eigenvalue weighted by Crippen LogP contribution is 1.79. The quantitative estimate of drug-likeness (QED) is 0.521. The van der Waals surface area contributed by atoms with Crippen LogP contribution in [0.2, 0.25) is 0 Å². The van der Waals surface area contributed by atoms with Crippen LogP contribution in [0, 0.1) is 0 Å². The molecule has 7 nitrogen and oxygen atoms in total. The summed E-state index contributed by atoms with van der Waals surface area (Å²) >= 11 is 0. The third-order valence-electron chi connectivity index (χ3n) is 1.20. The van der Waals surface area contributed by atoms with E-state index in [9.17, 15) is 18.0 Å². The van der Waals surface area contributed by atoms with Crippen molar-refractivity contribution in [1.82, 2.24) is 10.6 Å². The normalized spacial score (nSPS) is 10.6. The fourth-order valence-electron chi connectivity index (χ4n) is 0.594. The molecule has 0 saturated heterocycles. The highest BCUT2D eigenvalue weighted by molar-refractivity contribution is 7.90. The van der Waals surface area contributed by atoms with Crippen LogP contribution in [0.15, 0.2) is 0 Å². The fraction of sp³-hybridized carbons (Fsp3) is 0.667. The maximum atomic E-state index is 10.8. The molecule has 0 aromatic heterocycles. The highest BCUT2D eigenvalue weighted by atomic mass is 32.2. The average Bonchev–Trinajstić information content (AvgIpc) is 1.98. The van der Waals surface area contributed by atoms with Gasteiger partial charge in [-0.25, -0.2) is 13.2 Å². The summed E-state index contributed by atoms with van der Waals surface area (Å²) in [5, 5.41) is 12.2. The first-order valence-electron chi connectivity index (χ1n) is 3.72. The van der Waals surface area contributed by atoms with E-state index in [2.05, 4.69) is 5.32 Å². The van der Waals surface area contributed by atoms with Crippen LogP contribution in [0.25, 0.3) is 0 Å². The van der Waals surface area contributed by atoms with Gasteiger partial charge in [0.2, 0.25) is 5.91 Å². The van der Waals surface area contributed by atoms with Gasteiger partial charge in [0, 0.05) is 12.8 Å². The number of sulfone groups is 1. The van der Waals surface area contributed by atoms with Gasteiger partial charge in [0.25, 0.3) is 0 Å². The van der Waals surface area contributed by atoms with Crippen LogP contribution in [0.5, 0.6) is 0 Å². The molecule has 0 aromatic carbocycles. The maximum Gasteiger partial charge on any atom is 0.405 e. The summed E-state index contributed by atoms with van der Waals surface area (Å²) in [5.74, 6) is -0.720. The Balaban J connectivity index is 3.60. The zero-order valence-electron chi connectivity index (χ0n) is 7.61. The van der Waals surface area contributed by atoms with Gasteiger partial charge < -0.3 is 15.7 Å². The van der Waals surface area contributed by atoms with E-state index >= 15 is 0 Å². The molecule has 0 heterocycles. The van der Waals surface area contributed by atoms with E-state index in [1.54, 1.807) is 0 Å². The van der Waals surface area contributed by atoms with E-state index in [0.29, 0.717) is 0 Å². The minimum Gasteiger partial charge on any atom is -0.465 e. The maximum absolute atomic E-state index is 10.8. The van der Waals surface area contributed by atoms with Crippen molar-refractivity contribution >= 4 is 21.8 Å². The summed E-state index contributed by atoms with van der Waals surface area (Å²) in [5.41, 5.74) is 0. The number of amides is 2. The second-order valence-corrected chi connectivity index (χ2v) is 4.90. The molecule has 0 bridgehead atoms. The topological polar surface area (TPSA) is 113 Å². The Morgan fingerprint density at radius 3 is 2.29 bits per heavy atom. The Bertz CT molecular complexity index is 310. The molecule has 0 unspecified atom stereocenters. The lowest BCUT2D eigenvalue weighted by molar-refractivity contribution is -0.120. The lowest BCUT2D eigenvalue weighted by Gasteiger charge is -2.03. The number of nitrogens with one attached hydrogen (secondary N) is 2. The molecule has 8 heteroatoms. The summed E-state index contributed by atoms with van der Waals surface area (Å²) in [6.07, 6.45) is -0.252. The van der Waals surface area contributed by atoms with Gasteiger partial charge in [0.15, 0.2) is 0 Å². The minimum absolute atomic E-state index is 0.0149. The highest BCUT2D eigenvalue weighted by Gasteiger charge is 2.05. The van der Waals surface area contributed by atoms with Crippen molar-refractivity contribution in [3.63, 3.8) is 0 Å². The van der Waals surface area contributed by atoms with E-state index < -0.39 is 21.8 Å². The van der Waals surface area contributed by atoms with Gasteiger partial charge in [-0.15, -0.1) is 0 Å². The number of carbonyl (C=O) groups is 2. The molecule has 0 aromatic rings. The Hall–Kier alpha value is -1.31. The first-order valence-corrected chi connectivity index (χ1v) is 5.78. The van der Waals surface area contributed by atoms with E-state index in [4.69, 9.17) is 5.11 Å². The Kier molecular flexibility index (Phi) is 4.92. The Labute approximate surface area is 81.4 Å². The monoisotopic (exact) mass is 224 g/mol. The third kappa shape index (κ3) is 8.78. The molecule has 0 aliphatic rings. The summed E-state index contributed by atoms with van der Waals surface area (Å²) < 4.78 is 21.2. The summed E-state index contributed by atoms with van der Waals surface area (Å²) in [7, 11) is -3.10. The Morgan fingerprint density at radius 2 is 1.86 bits per heavy atom. The van der Waals surface area contributed by atoms with Crippen molar-refractivity contribution in [3.05, 3.63) is 0 Å². The molecular weight excluding hydrogens is 212 g/mol. The van der Waals surface area contributed by atoms with Gasteiger partial charge >= 0.3 is 6.09 Å². The molecule has 0 spiro atoms. The van der Waals surface area contributed by atoms with E-state index in [0.717, 1.165) is 6.26 Å². The van der Waals surface area contributed by atoms with Crippen LogP contribution in [0.3, 0.4) is 0 Å². The minimum atomic E-state index is -3.10. The molecule has 0 aliphatic carbocycles. The lowest BCUT2D eigenvalue weighted by atomic mass is 10.5. The predicted octanol–water partition coefficient (Wildman–Crippen LogP) is -1.59. The van der Waals surface area contributed by atoms with Crippen molar-refractivity contribution in [1.29, 1.82) is 0 Å². The zero-order chi connectivity index (χ0) is 11.2. The van der Waals surface area contributed by atoms with Crippen LogP contribution >= 0.6 is 0 Å². The summed E-state index contributed by atoms with van der Waals surface area (Å²) in [4.78, 5) is 20.8. The fourth-order valence-corrected chi connectivity index (χ4v) is 1.07. The second kappa shape index (κ2) is 5.43. The summed E-state index contributed by atoms with van der Waals surface area (Å²) in [6, 6.07) is 0. The van der Waals surface area contributed by atoms with Crippen molar-refractivity contribution in [2.45, 2.75) is 0 Å². The number of carbonyl (C=O) groups excluding carboxylic acids is 1. The molecule has 0 fully saturated rings. The molecule has 82 valence electrons. The van der Waals surface area contributed by atoms with E-state index in [1.807, 2.05) is 5.32 Å². The van der Waals surface area contributed by atoms with Crippen LogP contribution in [-0.4, -0.2) is 50.6 Å². The molecule has 0 atom stereocenters.